The number of thioether (sulfide) groups is 1. The minimum absolute atomic E-state index is 0.163. The van der Waals surface area contributed by atoms with Gasteiger partial charge in [0.25, 0.3) is 5.56 Å². The Morgan fingerprint density at radius 2 is 2.24 bits per heavy atom. The van der Waals surface area contributed by atoms with Gasteiger partial charge in [0.15, 0.2) is 5.16 Å². The maximum absolute atomic E-state index is 12.0. The van der Waals surface area contributed by atoms with Crippen molar-refractivity contribution in [3.05, 3.63) is 22.1 Å². The van der Waals surface area contributed by atoms with Crippen LogP contribution in [0.5, 0.6) is 0 Å². The lowest BCUT2D eigenvalue weighted by molar-refractivity contribution is -0.148. The molecule has 7 heteroatoms. The zero-order chi connectivity index (χ0) is 16.0. The van der Waals surface area contributed by atoms with Crippen LogP contribution < -0.4 is 10.9 Å². The first kappa shape index (κ1) is 17.7. The van der Waals surface area contributed by atoms with Crippen LogP contribution in [0.25, 0.3) is 0 Å². The van der Waals surface area contributed by atoms with E-state index in [1.54, 1.807) is 6.92 Å². The summed E-state index contributed by atoms with van der Waals surface area (Å²) in [6.45, 7) is 7.56. The summed E-state index contributed by atoms with van der Waals surface area (Å²) in [5.74, 6) is 0.347. The van der Waals surface area contributed by atoms with Crippen LogP contribution in [0.4, 0.5) is 0 Å². The fraction of sp³-hybridized carbons (Fsp3) is 0.643. The first-order chi connectivity index (χ1) is 9.76. The van der Waals surface area contributed by atoms with Gasteiger partial charge in [-0.05, 0) is 34.1 Å². The van der Waals surface area contributed by atoms with Crippen molar-refractivity contribution in [3.63, 3.8) is 0 Å². The third-order valence-corrected chi connectivity index (χ3v) is 3.81. The Labute approximate surface area is 129 Å². The molecule has 0 radical (unpaired) electrons. The minimum Gasteiger partial charge on any atom is -0.468 e. The zero-order valence-corrected chi connectivity index (χ0v) is 14.0. The van der Waals surface area contributed by atoms with Gasteiger partial charge in [0.2, 0.25) is 0 Å². The first-order valence-corrected chi connectivity index (χ1v) is 7.82. The number of ether oxygens (including phenoxy) is 1. The van der Waals surface area contributed by atoms with Crippen molar-refractivity contribution in [2.45, 2.75) is 50.9 Å². The lowest BCUT2D eigenvalue weighted by atomic mass is 9.98. The molecule has 0 amide bonds. The molecule has 0 fully saturated rings. The molecule has 1 atom stereocenters. The van der Waals surface area contributed by atoms with Crippen molar-refractivity contribution in [2.24, 2.45) is 0 Å². The van der Waals surface area contributed by atoms with Gasteiger partial charge in [-0.3, -0.25) is 14.9 Å². The number of hydrogen-bond donors (Lipinski definition) is 2. The fourth-order valence-electron chi connectivity index (χ4n) is 2.07. The molecule has 1 unspecified atom stereocenters. The standard InChI is InChI=1S/C14H23N3O3S/c1-9(2)17-14(4,12(19)20-5)6-7-21-13-15-10(3)8-11(18)16-13/h8-9,17H,6-7H2,1-5H3,(H,15,16,18). The molecule has 2 N–H and O–H groups in total. The molecule has 1 rings (SSSR count). The van der Waals surface area contributed by atoms with Crippen molar-refractivity contribution < 1.29 is 9.53 Å². The van der Waals surface area contributed by atoms with E-state index in [1.165, 1.54) is 24.9 Å². The van der Waals surface area contributed by atoms with Gasteiger partial charge in [-0.15, -0.1) is 0 Å². The molecule has 0 aliphatic rings. The number of aromatic nitrogens is 2. The molecular formula is C14H23N3O3S. The number of esters is 1. The Bertz CT molecular complexity index is 545. The highest BCUT2D eigenvalue weighted by atomic mass is 32.2. The number of carbonyl (C=O) groups is 1. The fourth-order valence-corrected chi connectivity index (χ4v) is 3.15. The Hall–Kier alpha value is -1.34. The van der Waals surface area contributed by atoms with Crippen molar-refractivity contribution >= 4 is 17.7 Å². The van der Waals surface area contributed by atoms with E-state index in [-0.39, 0.29) is 17.6 Å². The second kappa shape index (κ2) is 7.61. The summed E-state index contributed by atoms with van der Waals surface area (Å²) in [7, 11) is 1.38. The summed E-state index contributed by atoms with van der Waals surface area (Å²) in [5.41, 5.74) is -0.238. The summed E-state index contributed by atoms with van der Waals surface area (Å²) in [5, 5.41) is 3.80. The minimum atomic E-state index is -0.750. The van der Waals surface area contributed by atoms with Crippen molar-refractivity contribution in [1.82, 2.24) is 15.3 Å². The Morgan fingerprint density at radius 3 is 2.76 bits per heavy atom. The van der Waals surface area contributed by atoms with Gasteiger partial charge in [-0.25, -0.2) is 4.98 Å². The molecule has 1 heterocycles. The van der Waals surface area contributed by atoms with Crippen molar-refractivity contribution in [1.29, 1.82) is 0 Å². The molecule has 0 aliphatic heterocycles. The predicted octanol–water partition coefficient (Wildman–Crippen LogP) is 1.49. The molecule has 0 saturated heterocycles. The molecule has 6 nitrogen and oxygen atoms in total. The van der Waals surface area contributed by atoms with Gasteiger partial charge in [0, 0.05) is 23.6 Å². The molecule has 0 spiro atoms. The summed E-state index contributed by atoms with van der Waals surface area (Å²) >= 11 is 1.42. The van der Waals surface area contributed by atoms with E-state index < -0.39 is 5.54 Å². The van der Waals surface area contributed by atoms with Gasteiger partial charge in [-0.1, -0.05) is 11.8 Å². The monoisotopic (exact) mass is 313 g/mol. The number of carbonyl (C=O) groups excluding carboxylic acids is 1. The Kier molecular flexibility index (Phi) is 6.42. The van der Waals surface area contributed by atoms with Crippen LogP contribution in [0, 0.1) is 6.92 Å². The van der Waals surface area contributed by atoms with E-state index in [9.17, 15) is 9.59 Å². The van der Waals surface area contributed by atoms with Gasteiger partial charge in [0.05, 0.1) is 7.11 Å². The van der Waals surface area contributed by atoms with Gasteiger partial charge >= 0.3 is 5.97 Å². The van der Waals surface area contributed by atoms with Gasteiger partial charge in [-0.2, -0.15) is 0 Å². The topological polar surface area (TPSA) is 84.1 Å². The lowest BCUT2D eigenvalue weighted by Crippen LogP contribution is -2.53. The quantitative estimate of drug-likeness (QED) is 0.451. The third kappa shape index (κ3) is 5.51. The highest BCUT2D eigenvalue weighted by molar-refractivity contribution is 7.99. The number of aryl methyl sites for hydroxylation is 1. The number of nitrogens with zero attached hydrogens (tertiary/aromatic N) is 1. The number of nitrogens with one attached hydrogen (secondary N) is 2. The molecule has 0 aliphatic carbocycles. The largest absolute Gasteiger partial charge is 0.468 e. The van der Waals surface area contributed by atoms with Gasteiger partial charge < -0.3 is 9.72 Å². The number of methoxy groups -OCH3 is 1. The van der Waals surface area contributed by atoms with E-state index in [1.807, 2.05) is 20.8 Å². The first-order valence-electron chi connectivity index (χ1n) is 6.83. The molecule has 0 saturated carbocycles. The number of H-pyrrole nitrogens is 1. The summed E-state index contributed by atoms with van der Waals surface area (Å²) < 4.78 is 4.87. The smallest absolute Gasteiger partial charge is 0.325 e. The van der Waals surface area contributed by atoms with Crippen LogP contribution in [-0.4, -0.2) is 40.4 Å². The van der Waals surface area contributed by atoms with Crippen molar-refractivity contribution in [2.75, 3.05) is 12.9 Å². The average Bonchev–Trinajstić information content (AvgIpc) is 2.35. The highest BCUT2D eigenvalue weighted by Crippen LogP contribution is 2.20. The second-order valence-electron chi connectivity index (χ2n) is 5.41. The van der Waals surface area contributed by atoms with Crippen LogP contribution in [0.3, 0.4) is 0 Å². The van der Waals surface area contributed by atoms with E-state index in [0.717, 1.165) is 0 Å². The molecule has 1 aromatic rings. The van der Waals surface area contributed by atoms with Gasteiger partial charge in [0.1, 0.15) is 5.54 Å². The molecule has 0 aromatic carbocycles. The molecule has 1 aromatic heterocycles. The number of hydrogen-bond acceptors (Lipinski definition) is 6. The zero-order valence-electron chi connectivity index (χ0n) is 13.1. The predicted molar refractivity (Wildman–Crippen MR) is 83.6 cm³/mol. The van der Waals surface area contributed by atoms with Crippen LogP contribution in [0.15, 0.2) is 16.0 Å². The molecule has 0 bridgehead atoms. The van der Waals surface area contributed by atoms with E-state index in [2.05, 4.69) is 15.3 Å². The summed E-state index contributed by atoms with van der Waals surface area (Å²) in [6.07, 6.45) is 0.570. The normalized spacial score (nSPS) is 14.0. The van der Waals surface area contributed by atoms with E-state index >= 15 is 0 Å². The molecule has 118 valence electrons. The maximum atomic E-state index is 12.0. The maximum Gasteiger partial charge on any atom is 0.325 e. The molecular weight excluding hydrogens is 290 g/mol. The van der Waals surface area contributed by atoms with Crippen LogP contribution in [-0.2, 0) is 9.53 Å². The Morgan fingerprint density at radius 1 is 1.57 bits per heavy atom. The molecule has 21 heavy (non-hydrogen) atoms. The SMILES string of the molecule is COC(=O)C(C)(CCSc1nc(C)cc(=O)[nH]1)NC(C)C. The Balaban J connectivity index is 2.69. The van der Waals surface area contributed by atoms with E-state index in [4.69, 9.17) is 4.74 Å². The third-order valence-electron chi connectivity index (χ3n) is 2.93. The van der Waals surface area contributed by atoms with E-state index in [0.29, 0.717) is 23.0 Å². The van der Waals surface area contributed by atoms with Crippen LogP contribution >= 0.6 is 11.8 Å². The lowest BCUT2D eigenvalue weighted by Gasteiger charge is -2.30. The highest BCUT2D eigenvalue weighted by Gasteiger charge is 2.34. The average molecular weight is 313 g/mol. The second-order valence-corrected chi connectivity index (χ2v) is 6.50. The summed E-state index contributed by atoms with van der Waals surface area (Å²) in [4.78, 5) is 30.3. The van der Waals surface area contributed by atoms with Crippen LogP contribution in [0.1, 0.15) is 32.9 Å². The van der Waals surface area contributed by atoms with Crippen molar-refractivity contribution in [3.8, 4) is 0 Å². The summed E-state index contributed by atoms with van der Waals surface area (Å²) in [6, 6.07) is 1.61. The van der Waals surface area contributed by atoms with Crippen LogP contribution in [0.2, 0.25) is 0 Å². The number of rotatable bonds is 7. The number of aromatic amines is 1.